The van der Waals surface area contributed by atoms with Crippen LogP contribution in [0.3, 0.4) is 0 Å². The van der Waals surface area contributed by atoms with Gasteiger partial charge in [-0.3, -0.25) is 14.6 Å². The molecule has 6 heteroatoms. The lowest BCUT2D eigenvalue weighted by Crippen LogP contribution is -2.33. The summed E-state index contributed by atoms with van der Waals surface area (Å²) in [5.41, 5.74) is 2.22. The Morgan fingerprint density at radius 2 is 1.93 bits per heavy atom. The minimum atomic E-state index is -0.181. The third-order valence-corrected chi connectivity index (χ3v) is 5.31. The normalized spacial score (nSPS) is 15.6. The summed E-state index contributed by atoms with van der Waals surface area (Å²) in [6, 6.07) is 10.9. The molecule has 1 saturated heterocycles. The molecule has 1 atom stereocenters. The van der Waals surface area contributed by atoms with Crippen LogP contribution in [-0.2, 0) is 11.3 Å². The van der Waals surface area contributed by atoms with E-state index in [1.165, 1.54) is 0 Å². The molecule has 2 aromatic rings. The largest absolute Gasteiger partial charge is 0.352 e. The van der Waals surface area contributed by atoms with Crippen molar-refractivity contribution in [3.63, 3.8) is 0 Å². The Labute approximate surface area is 166 Å². The number of nitrogens with zero attached hydrogens (tertiary/aromatic N) is 1. The van der Waals surface area contributed by atoms with Gasteiger partial charge in [0, 0.05) is 36.6 Å². The highest BCUT2D eigenvalue weighted by molar-refractivity contribution is 6.04. The second-order valence-electron chi connectivity index (χ2n) is 7.44. The number of rotatable bonds is 7. The molecule has 0 radical (unpaired) electrons. The smallest absolute Gasteiger partial charge is 0.255 e. The summed E-state index contributed by atoms with van der Waals surface area (Å²) in [5.74, 6) is 0.920. The van der Waals surface area contributed by atoms with Gasteiger partial charge in [-0.25, -0.2) is 0 Å². The zero-order chi connectivity index (χ0) is 19.8. The van der Waals surface area contributed by atoms with Gasteiger partial charge in [0.05, 0.1) is 0 Å². The molecule has 1 aromatic heterocycles. The summed E-state index contributed by atoms with van der Waals surface area (Å²) in [5, 5.41) is 9.25. The zero-order valence-electron chi connectivity index (χ0n) is 16.3. The molecule has 148 valence electrons. The Morgan fingerprint density at radius 1 is 1.18 bits per heavy atom. The maximum atomic E-state index is 12.3. The van der Waals surface area contributed by atoms with Crippen molar-refractivity contribution in [1.29, 1.82) is 0 Å². The standard InChI is InChI=1S/C22H28N4O2/c1-16(18-5-9-23-10-6-18)13-21(27)25-15-17-3-2-4-20(14-17)26-22(28)19-7-11-24-12-8-19/h2-4,7-8,11-12,14,16,18,23H,5-6,9-10,13,15H2,1H3,(H,25,27)(H,26,28). The fraction of sp³-hybridized carbons (Fsp3) is 0.409. The van der Waals surface area contributed by atoms with Crippen molar-refractivity contribution in [3.05, 3.63) is 59.9 Å². The van der Waals surface area contributed by atoms with Crippen LogP contribution in [-0.4, -0.2) is 29.9 Å². The van der Waals surface area contributed by atoms with E-state index in [1.54, 1.807) is 24.5 Å². The molecule has 0 aliphatic carbocycles. The maximum absolute atomic E-state index is 12.3. The van der Waals surface area contributed by atoms with Crippen molar-refractivity contribution < 1.29 is 9.59 Å². The quantitative estimate of drug-likeness (QED) is 0.690. The molecule has 1 fully saturated rings. The van der Waals surface area contributed by atoms with Crippen molar-refractivity contribution >= 4 is 17.5 Å². The molecule has 3 N–H and O–H groups in total. The predicted octanol–water partition coefficient (Wildman–Crippen LogP) is 2.98. The number of hydrogen-bond donors (Lipinski definition) is 3. The molecule has 3 rings (SSSR count). The van der Waals surface area contributed by atoms with Crippen LogP contribution in [0, 0.1) is 11.8 Å². The van der Waals surface area contributed by atoms with E-state index in [4.69, 9.17) is 0 Å². The molecular formula is C22H28N4O2. The highest BCUT2D eigenvalue weighted by Crippen LogP contribution is 2.24. The summed E-state index contributed by atoms with van der Waals surface area (Å²) in [6.07, 6.45) is 6.03. The summed E-state index contributed by atoms with van der Waals surface area (Å²) in [7, 11) is 0. The fourth-order valence-electron chi connectivity index (χ4n) is 3.61. The second kappa shape index (κ2) is 9.99. The zero-order valence-corrected chi connectivity index (χ0v) is 16.3. The van der Waals surface area contributed by atoms with Gasteiger partial charge in [0.15, 0.2) is 0 Å². The van der Waals surface area contributed by atoms with Crippen LogP contribution in [0.25, 0.3) is 0 Å². The third-order valence-electron chi connectivity index (χ3n) is 5.31. The van der Waals surface area contributed by atoms with Crippen LogP contribution < -0.4 is 16.0 Å². The maximum Gasteiger partial charge on any atom is 0.255 e. The van der Waals surface area contributed by atoms with Gasteiger partial charge < -0.3 is 16.0 Å². The van der Waals surface area contributed by atoms with Gasteiger partial charge in [0.25, 0.3) is 5.91 Å². The van der Waals surface area contributed by atoms with E-state index in [9.17, 15) is 9.59 Å². The average molecular weight is 380 g/mol. The number of nitrogens with one attached hydrogen (secondary N) is 3. The van der Waals surface area contributed by atoms with Crippen LogP contribution in [0.15, 0.2) is 48.8 Å². The molecule has 6 nitrogen and oxygen atoms in total. The van der Waals surface area contributed by atoms with Crippen molar-refractivity contribution in [2.24, 2.45) is 11.8 Å². The van der Waals surface area contributed by atoms with Crippen LogP contribution in [0.2, 0.25) is 0 Å². The number of carbonyl (C=O) groups is 2. The molecule has 0 spiro atoms. The first kappa shape index (κ1) is 20.0. The number of piperidine rings is 1. The van der Waals surface area contributed by atoms with Crippen molar-refractivity contribution in [1.82, 2.24) is 15.6 Å². The molecule has 1 unspecified atom stereocenters. The minimum absolute atomic E-state index is 0.0808. The lowest BCUT2D eigenvalue weighted by atomic mass is 9.84. The Balaban J connectivity index is 1.48. The third kappa shape index (κ3) is 5.89. The molecule has 1 aliphatic heterocycles. The predicted molar refractivity (Wildman–Crippen MR) is 110 cm³/mol. The van der Waals surface area contributed by atoms with E-state index in [2.05, 4.69) is 27.9 Å². The van der Waals surface area contributed by atoms with Crippen LogP contribution in [0.4, 0.5) is 5.69 Å². The van der Waals surface area contributed by atoms with Gasteiger partial charge in [-0.1, -0.05) is 19.1 Å². The van der Waals surface area contributed by atoms with Gasteiger partial charge in [-0.05, 0) is 67.6 Å². The first-order valence-electron chi connectivity index (χ1n) is 9.89. The minimum Gasteiger partial charge on any atom is -0.352 e. The summed E-state index contributed by atoms with van der Waals surface area (Å²) in [6.45, 7) is 4.73. The molecule has 2 amide bonds. The number of amides is 2. The van der Waals surface area contributed by atoms with Gasteiger partial charge in [-0.15, -0.1) is 0 Å². The topological polar surface area (TPSA) is 83.1 Å². The lowest BCUT2D eigenvalue weighted by Gasteiger charge is -2.27. The van der Waals surface area contributed by atoms with Gasteiger partial charge >= 0.3 is 0 Å². The number of carbonyl (C=O) groups excluding carboxylic acids is 2. The van der Waals surface area contributed by atoms with E-state index in [0.717, 1.165) is 31.5 Å². The van der Waals surface area contributed by atoms with E-state index in [1.807, 2.05) is 24.3 Å². The van der Waals surface area contributed by atoms with Crippen LogP contribution in [0.1, 0.15) is 42.1 Å². The Hall–Kier alpha value is -2.73. The molecule has 0 saturated carbocycles. The summed E-state index contributed by atoms with van der Waals surface area (Å²) < 4.78 is 0. The number of aromatic nitrogens is 1. The number of hydrogen-bond acceptors (Lipinski definition) is 4. The lowest BCUT2D eigenvalue weighted by molar-refractivity contribution is -0.122. The SMILES string of the molecule is CC(CC(=O)NCc1cccc(NC(=O)c2ccncc2)c1)C1CCNCC1. The highest BCUT2D eigenvalue weighted by Gasteiger charge is 2.21. The first-order chi connectivity index (χ1) is 13.6. The highest BCUT2D eigenvalue weighted by atomic mass is 16.2. The van der Waals surface area contributed by atoms with Crippen LogP contribution in [0.5, 0.6) is 0 Å². The molecule has 0 bridgehead atoms. The van der Waals surface area contributed by atoms with Gasteiger partial charge in [0.2, 0.25) is 5.91 Å². The molecule has 1 aromatic carbocycles. The van der Waals surface area contributed by atoms with E-state index >= 15 is 0 Å². The average Bonchev–Trinajstić information content (AvgIpc) is 2.74. The van der Waals surface area contributed by atoms with Crippen molar-refractivity contribution in [2.45, 2.75) is 32.7 Å². The van der Waals surface area contributed by atoms with Crippen LogP contribution >= 0.6 is 0 Å². The van der Waals surface area contributed by atoms with Crippen molar-refractivity contribution in [2.75, 3.05) is 18.4 Å². The number of pyridine rings is 1. The monoisotopic (exact) mass is 380 g/mol. The summed E-state index contributed by atoms with van der Waals surface area (Å²) >= 11 is 0. The fourth-order valence-corrected chi connectivity index (χ4v) is 3.61. The van der Waals surface area contributed by atoms with E-state index in [0.29, 0.717) is 36.1 Å². The Kier molecular flexibility index (Phi) is 7.14. The van der Waals surface area contributed by atoms with Crippen molar-refractivity contribution in [3.8, 4) is 0 Å². The number of anilines is 1. The Morgan fingerprint density at radius 3 is 2.68 bits per heavy atom. The van der Waals surface area contributed by atoms with Gasteiger partial charge in [0.1, 0.15) is 0 Å². The summed E-state index contributed by atoms with van der Waals surface area (Å²) in [4.78, 5) is 28.5. The first-order valence-corrected chi connectivity index (χ1v) is 9.89. The molecule has 2 heterocycles. The molecule has 1 aliphatic rings. The van der Waals surface area contributed by atoms with E-state index in [-0.39, 0.29) is 11.8 Å². The van der Waals surface area contributed by atoms with E-state index < -0.39 is 0 Å². The Bertz CT molecular complexity index is 788. The molecular weight excluding hydrogens is 352 g/mol. The second-order valence-corrected chi connectivity index (χ2v) is 7.44. The molecule has 28 heavy (non-hydrogen) atoms. The van der Waals surface area contributed by atoms with Gasteiger partial charge in [-0.2, -0.15) is 0 Å². The number of benzene rings is 1.